The first-order chi connectivity index (χ1) is 11.6. The van der Waals surface area contributed by atoms with Gasteiger partial charge in [-0.2, -0.15) is 0 Å². The maximum atomic E-state index is 12.6. The largest absolute Gasteiger partial charge is 0.380 e. The third kappa shape index (κ3) is 3.94. The van der Waals surface area contributed by atoms with E-state index in [1.165, 1.54) is 11.1 Å². The Morgan fingerprint density at radius 2 is 2.00 bits per heavy atom. The molecule has 0 atom stereocenters. The summed E-state index contributed by atoms with van der Waals surface area (Å²) in [6.45, 7) is 6.78. The first-order valence-corrected chi connectivity index (χ1v) is 8.66. The van der Waals surface area contributed by atoms with Crippen molar-refractivity contribution in [2.45, 2.75) is 33.2 Å². The Morgan fingerprint density at radius 3 is 2.75 bits per heavy atom. The van der Waals surface area contributed by atoms with Crippen LogP contribution in [0.2, 0.25) is 0 Å². The molecule has 2 heterocycles. The summed E-state index contributed by atoms with van der Waals surface area (Å²) in [5.41, 5.74) is 4.06. The number of aryl methyl sites for hydroxylation is 1. The molecule has 0 spiro atoms. The topological polar surface area (TPSA) is 45.2 Å². The summed E-state index contributed by atoms with van der Waals surface area (Å²) in [4.78, 5) is 18.8. The normalized spacial score (nSPS) is 15.3. The molecule has 24 heavy (non-hydrogen) atoms. The number of anilines is 1. The third-order valence-corrected chi connectivity index (χ3v) is 4.80. The van der Waals surface area contributed by atoms with Crippen LogP contribution in [0.4, 0.5) is 5.69 Å². The van der Waals surface area contributed by atoms with Crippen LogP contribution in [0.3, 0.4) is 0 Å². The van der Waals surface area contributed by atoms with Crippen molar-refractivity contribution in [3.8, 4) is 0 Å². The molecule has 1 amide bonds. The smallest absolute Gasteiger partial charge is 0.255 e. The summed E-state index contributed by atoms with van der Waals surface area (Å²) < 4.78 is 0. The van der Waals surface area contributed by atoms with Gasteiger partial charge < -0.3 is 10.2 Å². The number of nitrogens with zero attached hydrogens (tertiary/aromatic N) is 2. The SMILES string of the molecule is Cc1ccccc1CNc1cncc(C(=O)N2CCC(C)CC2)c1. The average Bonchev–Trinajstić information content (AvgIpc) is 2.61. The molecular formula is C20H25N3O. The number of hydrogen-bond acceptors (Lipinski definition) is 3. The van der Waals surface area contributed by atoms with Gasteiger partial charge >= 0.3 is 0 Å². The van der Waals surface area contributed by atoms with Gasteiger partial charge in [0.15, 0.2) is 0 Å². The molecule has 1 N–H and O–H groups in total. The molecule has 1 fully saturated rings. The van der Waals surface area contributed by atoms with Gasteiger partial charge in [-0.1, -0.05) is 31.2 Å². The molecule has 3 rings (SSSR count). The number of pyridine rings is 1. The lowest BCUT2D eigenvalue weighted by Gasteiger charge is -2.30. The molecule has 4 heteroatoms. The van der Waals surface area contributed by atoms with E-state index in [1.807, 2.05) is 23.1 Å². The number of nitrogens with one attached hydrogen (secondary N) is 1. The second-order valence-corrected chi connectivity index (χ2v) is 6.72. The summed E-state index contributed by atoms with van der Waals surface area (Å²) in [6, 6.07) is 10.2. The molecule has 4 nitrogen and oxygen atoms in total. The quantitative estimate of drug-likeness (QED) is 0.929. The van der Waals surface area contributed by atoms with Crippen LogP contribution in [-0.2, 0) is 6.54 Å². The van der Waals surface area contributed by atoms with Gasteiger partial charge in [0.1, 0.15) is 0 Å². The number of likely N-dealkylation sites (tertiary alicyclic amines) is 1. The van der Waals surface area contributed by atoms with Crippen molar-refractivity contribution >= 4 is 11.6 Å². The van der Waals surface area contributed by atoms with Gasteiger partial charge in [-0.15, -0.1) is 0 Å². The van der Waals surface area contributed by atoms with Gasteiger partial charge in [0.25, 0.3) is 5.91 Å². The number of aromatic nitrogens is 1. The first kappa shape index (κ1) is 16.5. The summed E-state index contributed by atoms with van der Waals surface area (Å²) in [6.07, 6.45) is 5.61. The fourth-order valence-corrected chi connectivity index (χ4v) is 3.05. The van der Waals surface area contributed by atoms with E-state index in [0.717, 1.165) is 38.2 Å². The van der Waals surface area contributed by atoms with Crippen LogP contribution in [0.1, 0.15) is 41.3 Å². The second kappa shape index (κ2) is 7.47. The summed E-state index contributed by atoms with van der Waals surface area (Å²) >= 11 is 0. The molecule has 1 aliphatic rings. The Hall–Kier alpha value is -2.36. The third-order valence-electron chi connectivity index (χ3n) is 4.80. The predicted octanol–water partition coefficient (Wildman–Crippen LogP) is 3.87. The minimum Gasteiger partial charge on any atom is -0.380 e. The highest BCUT2D eigenvalue weighted by atomic mass is 16.2. The lowest BCUT2D eigenvalue weighted by Crippen LogP contribution is -2.37. The number of carbonyl (C=O) groups excluding carboxylic acids is 1. The number of amides is 1. The Bertz CT molecular complexity index is 706. The van der Waals surface area contributed by atoms with Crippen LogP contribution < -0.4 is 5.32 Å². The molecule has 1 aromatic carbocycles. The van der Waals surface area contributed by atoms with Crippen LogP contribution in [0.5, 0.6) is 0 Å². The summed E-state index contributed by atoms with van der Waals surface area (Å²) in [7, 11) is 0. The zero-order valence-corrected chi connectivity index (χ0v) is 14.5. The highest BCUT2D eigenvalue weighted by Crippen LogP contribution is 2.19. The monoisotopic (exact) mass is 323 g/mol. The molecule has 1 aliphatic heterocycles. The van der Waals surface area contributed by atoms with Crippen LogP contribution in [-0.4, -0.2) is 28.9 Å². The molecule has 0 unspecified atom stereocenters. The Labute approximate surface area is 143 Å². The van der Waals surface area contributed by atoms with E-state index in [9.17, 15) is 4.79 Å². The fraction of sp³-hybridized carbons (Fsp3) is 0.400. The highest BCUT2D eigenvalue weighted by molar-refractivity contribution is 5.94. The Kier molecular flexibility index (Phi) is 5.14. The van der Waals surface area contributed by atoms with Crippen LogP contribution in [0.15, 0.2) is 42.7 Å². The first-order valence-electron chi connectivity index (χ1n) is 8.66. The van der Waals surface area contributed by atoms with Crippen LogP contribution in [0, 0.1) is 12.8 Å². The minimum atomic E-state index is 0.0916. The van der Waals surface area contributed by atoms with Gasteiger partial charge in [-0.3, -0.25) is 9.78 Å². The van der Waals surface area contributed by atoms with Gasteiger partial charge in [-0.05, 0) is 42.9 Å². The lowest BCUT2D eigenvalue weighted by atomic mass is 9.99. The molecule has 0 radical (unpaired) electrons. The molecular weight excluding hydrogens is 298 g/mol. The van der Waals surface area contributed by atoms with Crippen LogP contribution >= 0.6 is 0 Å². The van der Waals surface area contributed by atoms with Crippen molar-refractivity contribution in [2.24, 2.45) is 5.92 Å². The van der Waals surface area contributed by atoms with E-state index in [4.69, 9.17) is 0 Å². The van der Waals surface area contributed by atoms with E-state index < -0.39 is 0 Å². The zero-order valence-electron chi connectivity index (χ0n) is 14.5. The maximum Gasteiger partial charge on any atom is 0.255 e. The van der Waals surface area contributed by atoms with Crippen molar-refractivity contribution in [3.05, 3.63) is 59.4 Å². The minimum absolute atomic E-state index is 0.0916. The van der Waals surface area contributed by atoms with Gasteiger partial charge in [0.05, 0.1) is 11.3 Å². The van der Waals surface area contributed by atoms with E-state index in [-0.39, 0.29) is 5.91 Å². The molecule has 126 valence electrons. The predicted molar refractivity (Wildman–Crippen MR) is 97.0 cm³/mol. The number of piperidine rings is 1. The van der Waals surface area contributed by atoms with E-state index >= 15 is 0 Å². The van der Waals surface area contributed by atoms with Crippen molar-refractivity contribution < 1.29 is 4.79 Å². The van der Waals surface area contributed by atoms with Crippen molar-refractivity contribution in [3.63, 3.8) is 0 Å². The standard InChI is InChI=1S/C20H25N3O/c1-15-7-9-23(10-8-15)20(24)18-11-19(14-21-12-18)22-13-17-6-4-3-5-16(17)2/h3-6,11-12,14-15,22H,7-10,13H2,1-2H3. The Balaban J connectivity index is 1.65. The Morgan fingerprint density at radius 1 is 1.25 bits per heavy atom. The van der Waals surface area contributed by atoms with E-state index in [0.29, 0.717) is 11.5 Å². The molecule has 0 saturated carbocycles. The summed E-state index contributed by atoms with van der Waals surface area (Å²) in [5, 5.41) is 3.37. The molecule has 2 aromatic rings. The molecule has 0 aliphatic carbocycles. The maximum absolute atomic E-state index is 12.6. The molecule has 1 saturated heterocycles. The average molecular weight is 323 g/mol. The van der Waals surface area contributed by atoms with Gasteiger partial charge in [0, 0.05) is 32.0 Å². The molecule has 1 aromatic heterocycles. The fourth-order valence-electron chi connectivity index (χ4n) is 3.05. The van der Waals surface area contributed by atoms with Gasteiger partial charge in [-0.25, -0.2) is 0 Å². The number of carbonyl (C=O) groups is 1. The van der Waals surface area contributed by atoms with Gasteiger partial charge in [0.2, 0.25) is 0 Å². The zero-order chi connectivity index (χ0) is 16.9. The number of rotatable bonds is 4. The second-order valence-electron chi connectivity index (χ2n) is 6.72. The lowest BCUT2D eigenvalue weighted by molar-refractivity contribution is 0.0697. The number of benzene rings is 1. The number of hydrogen-bond donors (Lipinski definition) is 1. The summed E-state index contributed by atoms with van der Waals surface area (Å²) in [5.74, 6) is 0.809. The van der Waals surface area contributed by atoms with E-state index in [2.05, 4.69) is 36.3 Å². The van der Waals surface area contributed by atoms with Crippen molar-refractivity contribution in [2.75, 3.05) is 18.4 Å². The van der Waals surface area contributed by atoms with Crippen molar-refractivity contribution in [1.82, 2.24) is 9.88 Å². The highest BCUT2D eigenvalue weighted by Gasteiger charge is 2.21. The van der Waals surface area contributed by atoms with Crippen molar-refractivity contribution in [1.29, 1.82) is 0 Å². The van der Waals surface area contributed by atoms with Crippen LogP contribution in [0.25, 0.3) is 0 Å². The molecule has 0 bridgehead atoms. The van der Waals surface area contributed by atoms with E-state index in [1.54, 1.807) is 12.4 Å².